The minimum atomic E-state index is -4.71. The van der Waals surface area contributed by atoms with Gasteiger partial charge in [0, 0.05) is 31.9 Å². The molecule has 3 heterocycles. The lowest BCUT2D eigenvalue weighted by Gasteiger charge is -2.36. The van der Waals surface area contributed by atoms with Gasteiger partial charge in [0.15, 0.2) is 0 Å². The molecule has 2 aliphatic rings. The van der Waals surface area contributed by atoms with Crippen LogP contribution >= 0.6 is 0 Å². The summed E-state index contributed by atoms with van der Waals surface area (Å²) in [6.45, 7) is 4.20. The van der Waals surface area contributed by atoms with Crippen LogP contribution in [0.4, 0.5) is 17.6 Å². The standard InChI is InChI=1S/C24H27F4N3O4/c1-2-31-20-17(13-23(14-29-21(20)32)7-10-34-11-8-23)19(30-31)4-3-9-35-22(33)16-6-5-15(12-18(16)25)24(26,27)28/h5-6,12H,2-4,7-11,13-14H2,1H3,(H,29,32). The molecule has 2 aromatic rings. The number of halogens is 4. The van der Waals surface area contributed by atoms with Crippen LogP contribution in [-0.4, -0.2) is 48.0 Å². The highest BCUT2D eigenvalue weighted by Gasteiger charge is 2.39. The van der Waals surface area contributed by atoms with Gasteiger partial charge in [0.05, 0.1) is 23.4 Å². The molecule has 1 saturated heterocycles. The van der Waals surface area contributed by atoms with Crippen molar-refractivity contribution in [2.24, 2.45) is 5.41 Å². The van der Waals surface area contributed by atoms with Gasteiger partial charge in [-0.3, -0.25) is 9.48 Å². The maximum atomic E-state index is 14.0. The Morgan fingerprint density at radius 1 is 1.29 bits per heavy atom. The van der Waals surface area contributed by atoms with Crippen LogP contribution in [0.5, 0.6) is 0 Å². The number of alkyl halides is 3. The van der Waals surface area contributed by atoms with E-state index in [1.807, 2.05) is 6.92 Å². The van der Waals surface area contributed by atoms with E-state index in [2.05, 4.69) is 10.4 Å². The number of aryl methyl sites for hydroxylation is 2. The Balaban J connectivity index is 1.43. The minimum absolute atomic E-state index is 0.0712. The second-order valence-electron chi connectivity index (χ2n) is 8.99. The summed E-state index contributed by atoms with van der Waals surface area (Å²) in [5, 5.41) is 7.66. The van der Waals surface area contributed by atoms with Gasteiger partial charge in [-0.1, -0.05) is 0 Å². The van der Waals surface area contributed by atoms with Crippen molar-refractivity contribution in [2.45, 2.75) is 51.7 Å². The smallest absolute Gasteiger partial charge is 0.416 e. The summed E-state index contributed by atoms with van der Waals surface area (Å²) in [5.41, 5.74) is 0.368. The molecule has 0 unspecified atom stereocenters. The molecule has 4 rings (SSSR count). The number of esters is 1. The predicted molar refractivity (Wildman–Crippen MR) is 116 cm³/mol. The highest BCUT2D eigenvalue weighted by molar-refractivity contribution is 5.94. The second kappa shape index (κ2) is 9.96. The number of amides is 1. The van der Waals surface area contributed by atoms with Gasteiger partial charge in [0.2, 0.25) is 0 Å². The van der Waals surface area contributed by atoms with Crippen LogP contribution in [0.15, 0.2) is 18.2 Å². The topological polar surface area (TPSA) is 82.5 Å². The summed E-state index contributed by atoms with van der Waals surface area (Å²) in [6, 6.07) is 1.69. The van der Waals surface area contributed by atoms with Crippen molar-refractivity contribution in [1.82, 2.24) is 15.1 Å². The normalized spacial score (nSPS) is 17.6. The summed E-state index contributed by atoms with van der Waals surface area (Å²) < 4.78 is 64.4. The second-order valence-corrected chi connectivity index (χ2v) is 8.99. The Morgan fingerprint density at radius 2 is 2.03 bits per heavy atom. The van der Waals surface area contributed by atoms with Gasteiger partial charge in [-0.25, -0.2) is 9.18 Å². The monoisotopic (exact) mass is 497 g/mol. The zero-order valence-electron chi connectivity index (χ0n) is 19.3. The number of carbonyl (C=O) groups is 2. The Morgan fingerprint density at radius 3 is 2.69 bits per heavy atom. The Bertz CT molecular complexity index is 1110. The van der Waals surface area contributed by atoms with Crippen LogP contribution in [0.1, 0.15) is 63.9 Å². The van der Waals surface area contributed by atoms with Gasteiger partial charge in [0.1, 0.15) is 11.5 Å². The van der Waals surface area contributed by atoms with Gasteiger partial charge in [-0.2, -0.15) is 18.3 Å². The molecule has 2 aliphatic heterocycles. The van der Waals surface area contributed by atoms with Gasteiger partial charge in [0.25, 0.3) is 5.91 Å². The van der Waals surface area contributed by atoms with Gasteiger partial charge in [-0.15, -0.1) is 0 Å². The van der Waals surface area contributed by atoms with Crippen LogP contribution in [-0.2, 0) is 35.0 Å². The van der Waals surface area contributed by atoms with Crippen molar-refractivity contribution in [3.63, 3.8) is 0 Å². The summed E-state index contributed by atoms with van der Waals surface area (Å²) in [4.78, 5) is 25.0. The first kappa shape index (κ1) is 25.2. The minimum Gasteiger partial charge on any atom is -0.462 e. The molecule has 1 spiro atoms. The average molecular weight is 497 g/mol. The van der Waals surface area contributed by atoms with Crippen molar-refractivity contribution in [1.29, 1.82) is 0 Å². The van der Waals surface area contributed by atoms with Gasteiger partial charge >= 0.3 is 12.1 Å². The molecule has 1 aromatic heterocycles. The molecule has 11 heteroatoms. The fourth-order valence-corrected chi connectivity index (χ4v) is 4.70. The zero-order chi connectivity index (χ0) is 25.2. The number of fused-ring (bicyclic) bond motifs is 1. The molecule has 0 radical (unpaired) electrons. The third-order valence-corrected chi connectivity index (χ3v) is 6.68. The molecular formula is C24H27F4N3O4. The largest absolute Gasteiger partial charge is 0.462 e. The van der Waals surface area contributed by atoms with E-state index in [1.165, 1.54) is 0 Å². The van der Waals surface area contributed by atoms with E-state index in [-0.39, 0.29) is 24.0 Å². The molecule has 1 fully saturated rings. The third-order valence-electron chi connectivity index (χ3n) is 6.68. The first-order valence-corrected chi connectivity index (χ1v) is 11.6. The number of hydrogen-bond donors (Lipinski definition) is 1. The number of benzene rings is 1. The lowest BCUT2D eigenvalue weighted by atomic mass is 9.75. The Hall–Kier alpha value is -2.95. The molecule has 1 aromatic carbocycles. The molecule has 0 atom stereocenters. The maximum absolute atomic E-state index is 14.0. The van der Waals surface area contributed by atoms with Crippen molar-refractivity contribution in [3.05, 3.63) is 52.1 Å². The van der Waals surface area contributed by atoms with E-state index in [0.29, 0.717) is 57.3 Å². The van der Waals surface area contributed by atoms with E-state index in [1.54, 1.807) is 4.68 Å². The quantitative estimate of drug-likeness (QED) is 0.372. The molecule has 7 nitrogen and oxygen atoms in total. The lowest BCUT2D eigenvalue weighted by molar-refractivity contribution is -0.137. The van der Waals surface area contributed by atoms with E-state index < -0.39 is 29.1 Å². The van der Waals surface area contributed by atoms with Crippen molar-refractivity contribution >= 4 is 11.9 Å². The van der Waals surface area contributed by atoms with Crippen LogP contribution < -0.4 is 5.32 Å². The fraction of sp³-hybridized carbons (Fsp3) is 0.542. The molecule has 0 bridgehead atoms. The van der Waals surface area contributed by atoms with E-state index >= 15 is 0 Å². The number of rotatable bonds is 6. The van der Waals surface area contributed by atoms with E-state index in [0.717, 1.165) is 30.2 Å². The van der Waals surface area contributed by atoms with Crippen molar-refractivity contribution in [3.8, 4) is 0 Å². The van der Waals surface area contributed by atoms with E-state index in [4.69, 9.17) is 9.47 Å². The molecular weight excluding hydrogens is 470 g/mol. The van der Waals surface area contributed by atoms with Crippen LogP contribution in [0.2, 0.25) is 0 Å². The maximum Gasteiger partial charge on any atom is 0.416 e. The number of nitrogens with zero attached hydrogens (tertiary/aromatic N) is 2. The number of nitrogens with one attached hydrogen (secondary N) is 1. The highest BCUT2D eigenvalue weighted by Crippen LogP contribution is 2.38. The SMILES string of the molecule is CCn1nc(CCCOC(=O)c2ccc(C(F)(F)F)cc2F)c2c1C(=O)NCC1(CCOCC1)C2. The van der Waals surface area contributed by atoms with Crippen LogP contribution in [0.3, 0.4) is 0 Å². The van der Waals surface area contributed by atoms with E-state index in [9.17, 15) is 27.2 Å². The van der Waals surface area contributed by atoms with Gasteiger partial charge in [-0.05, 0) is 62.6 Å². The molecule has 1 N–H and O–H groups in total. The molecule has 190 valence electrons. The lowest BCUT2D eigenvalue weighted by Crippen LogP contribution is -2.40. The summed E-state index contributed by atoms with van der Waals surface area (Å²) in [5.74, 6) is -2.48. The fourth-order valence-electron chi connectivity index (χ4n) is 4.70. The number of carbonyl (C=O) groups excluding carboxylic acids is 2. The predicted octanol–water partition coefficient (Wildman–Crippen LogP) is 3.93. The molecule has 35 heavy (non-hydrogen) atoms. The zero-order valence-corrected chi connectivity index (χ0v) is 19.3. The average Bonchev–Trinajstić information content (AvgIpc) is 3.10. The number of aromatic nitrogens is 2. The molecule has 1 amide bonds. The summed E-state index contributed by atoms with van der Waals surface area (Å²) >= 11 is 0. The highest BCUT2D eigenvalue weighted by atomic mass is 19.4. The van der Waals surface area contributed by atoms with Crippen LogP contribution in [0.25, 0.3) is 0 Å². The van der Waals surface area contributed by atoms with Crippen molar-refractivity contribution in [2.75, 3.05) is 26.4 Å². The van der Waals surface area contributed by atoms with Crippen LogP contribution in [0, 0.1) is 11.2 Å². The summed E-state index contributed by atoms with van der Waals surface area (Å²) in [6.07, 6.45) is -1.56. The summed E-state index contributed by atoms with van der Waals surface area (Å²) in [7, 11) is 0. The van der Waals surface area contributed by atoms with Crippen molar-refractivity contribution < 1.29 is 36.6 Å². The number of ether oxygens (including phenoxy) is 2. The Kier molecular flexibility index (Phi) is 7.16. The third kappa shape index (κ3) is 5.34. The first-order valence-electron chi connectivity index (χ1n) is 11.6. The number of hydrogen-bond acceptors (Lipinski definition) is 5. The molecule has 0 aliphatic carbocycles. The van der Waals surface area contributed by atoms with Gasteiger partial charge < -0.3 is 14.8 Å². The molecule has 0 saturated carbocycles. The first-order chi connectivity index (χ1) is 16.6. The Labute approximate surface area is 199 Å².